The topological polar surface area (TPSA) is 49.4 Å². The van der Waals surface area contributed by atoms with Gasteiger partial charge in [0.15, 0.2) is 0 Å². The number of amides is 2. The number of carbonyl (C=O) groups excluding carboxylic acids is 2. The van der Waals surface area contributed by atoms with Crippen LogP contribution in [-0.4, -0.2) is 28.8 Å². The number of hydrogen-bond donors (Lipinski definition) is 1. The zero-order valence-corrected chi connectivity index (χ0v) is 17.3. The molecule has 0 bridgehead atoms. The number of rotatable bonds is 7. The average Bonchev–Trinajstić information content (AvgIpc) is 3.20. The van der Waals surface area contributed by atoms with Crippen molar-refractivity contribution in [3.05, 3.63) is 70.5 Å². The Hall–Kier alpha value is -2.40. The maximum atomic E-state index is 14.1. The summed E-state index contributed by atoms with van der Waals surface area (Å²) in [5.74, 6) is -0.906. The third-order valence-corrected chi connectivity index (χ3v) is 5.65. The van der Waals surface area contributed by atoms with Crippen molar-refractivity contribution in [2.24, 2.45) is 0 Å². The van der Waals surface area contributed by atoms with Crippen molar-refractivity contribution in [3.8, 4) is 0 Å². The zero-order valence-electron chi connectivity index (χ0n) is 16.5. The molecule has 0 unspecified atom stereocenters. The maximum absolute atomic E-state index is 14.1. The molecule has 4 nitrogen and oxygen atoms in total. The van der Waals surface area contributed by atoms with Gasteiger partial charge in [0, 0.05) is 17.6 Å². The summed E-state index contributed by atoms with van der Waals surface area (Å²) in [5.41, 5.74) is 1.14. The van der Waals surface area contributed by atoms with E-state index in [9.17, 15) is 14.0 Å². The molecule has 1 N–H and O–H groups in total. The third-order valence-electron chi connectivity index (χ3n) is 5.41. The number of nitrogens with one attached hydrogen (secondary N) is 1. The largest absolute Gasteiger partial charge is 0.352 e. The molecule has 2 aromatic rings. The van der Waals surface area contributed by atoms with Crippen molar-refractivity contribution in [3.63, 3.8) is 0 Å². The minimum absolute atomic E-state index is 0.103. The average molecular weight is 417 g/mol. The van der Waals surface area contributed by atoms with Gasteiger partial charge in [-0.05, 0) is 49.1 Å². The second-order valence-corrected chi connectivity index (χ2v) is 8.02. The highest BCUT2D eigenvalue weighted by molar-refractivity contribution is 6.30. The standard InChI is InChI=1S/C23H26ClFN2O2/c1-16(23(29)26-20-10-3-4-11-20)27(15-17-7-6-9-19(24)13-17)22(28)14-18-8-2-5-12-21(18)25/h2,5-9,12-13,16,20H,3-4,10-11,14-15H2,1H3,(H,26,29)/t16-/m0/s1. The lowest BCUT2D eigenvalue weighted by Gasteiger charge is -2.30. The molecule has 1 aliphatic rings. The lowest BCUT2D eigenvalue weighted by molar-refractivity contribution is -0.140. The van der Waals surface area contributed by atoms with Crippen LogP contribution in [0.25, 0.3) is 0 Å². The van der Waals surface area contributed by atoms with Gasteiger partial charge in [-0.2, -0.15) is 0 Å². The van der Waals surface area contributed by atoms with Crippen LogP contribution >= 0.6 is 11.6 Å². The van der Waals surface area contributed by atoms with Crippen molar-refractivity contribution >= 4 is 23.4 Å². The fraction of sp³-hybridized carbons (Fsp3) is 0.391. The molecule has 2 aromatic carbocycles. The molecule has 2 amide bonds. The van der Waals surface area contributed by atoms with E-state index in [2.05, 4.69) is 5.32 Å². The molecule has 0 aliphatic heterocycles. The van der Waals surface area contributed by atoms with Crippen LogP contribution in [0.5, 0.6) is 0 Å². The molecule has 0 saturated heterocycles. The second kappa shape index (κ2) is 9.88. The summed E-state index contributed by atoms with van der Waals surface area (Å²) in [6.07, 6.45) is 4.05. The second-order valence-electron chi connectivity index (χ2n) is 7.59. The van der Waals surface area contributed by atoms with Crippen molar-refractivity contribution < 1.29 is 14.0 Å². The van der Waals surface area contributed by atoms with E-state index in [-0.39, 0.29) is 30.8 Å². The van der Waals surface area contributed by atoms with E-state index in [1.165, 1.54) is 11.0 Å². The van der Waals surface area contributed by atoms with Crippen LogP contribution in [0.3, 0.4) is 0 Å². The Labute approximate surface area is 176 Å². The zero-order chi connectivity index (χ0) is 20.8. The van der Waals surface area contributed by atoms with Crippen molar-refractivity contribution in [1.29, 1.82) is 0 Å². The van der Waals surface area contributed by atoms with E-state index in [1.807, 2.05) is 6.07 Å². The minimum atomic E-state index is -0.672. The van der Waals surface area contributed by atoms with E-state index in [0.717, 1.165) is 31.2 Å². The number of benzene rings is 2. The summed E-state index contributed by atoms with van der Waals surface area (Å²) in [5, 5.41) is 3.62. The Bertz CT molecular complexity index is 867. The molecular formula is C23H26ClFN2O2. The highest BCUT2D eigenvalue weighted by Crippen LogP contribution is 2.20. The first-order chi connectivity index (χ1) is 13.9. The number of hydrogen-bond acceptors (Lipinski definition) is 2. The van der Waals surface area contributed by atoms with Gasteiger partial charge in [-0.3, -0.25) is 9.59 Å². The number of nitrogens with zero attached hydrogens (tertiary/aromatic N) is 1. The fourth-order valence-corrected chi connectivity index (χ4v) is 3.93. The molecule has 0 spiro atoms. The fourth-order valence-electron chi connectivity index (χ4n) is 3.71. The molecule has 1 atom stereocenters. The van der Waals surface area contributed by atoms with Crippen LogP contribution in [-0.2, 0) is 22.6 Å². The molecular weight excluding hydrogens is 391 g/mol. The van der Waals surface area contributed by atoms with E-state index in [4.69, 9.17) is 11.6 Å². The Kier molecular flexibility index (Phi) is 7.26. The minimum Gasteiger partial charge on any atom is -0.352 e. The summed E-state index contributed by atoms with van der Waals surface area (Å²) in [6, 6.07) is 12.9. The monoisotopic (exact) mass is 416 g/mol. The Morgan fingerprint density at radius 1 is 1.17 bits per heavy atom. The van der Waals surface area contributed by atoms with Crippen molar-refractivity contribution in [2.45, 2.75) is 57.7 Å². The van der Waals surface area contributed by atoms with E-state index < -0.39 is 11.9 Å². The smallest absolute Gasteiger partial charge is 0.242 e. The molecule has 154 valence electrons. The summed E-state index contributed by atoms with van der Waals surface area (Å²) < 4.78 is 14.1. The predicted molar refractivity (Wildman–Crippen MR) is 112 cm³/mol. The first-order valence-corrected chi connectivity index (χ1v) is 10.4. The Morgan fingerprint density at radius 3 is 2.59 bits per heavy atom. The molecule has 1 aliphatic carbocycles. The molecule has 3 rings (SSSR count). The summed E-state index contributed by atoms with van der Waals surface area (Å²) in [4.78, 5) is 27.4. The van der Waals surface area contributed by atoms with Gasteiger partial charge in [0.1, 0.15) is 11.9 Å². The van der Waals surface area contributed by atoms with Crippen molar-refractivity contribution in [1.82, 2.24) is 10.2 Å². The quantitative estimate of drug-likeness (QED) is 0.722. The predicted octanol–water partition coefficient (Wildman–Crippen LogP) is 4.50. The van der Waals surface area contributed by atoms with Crippen LogP contribution in [0.15, 0.2) is 48.5 Å². The molecule has 1 fully saturated rings. The van der Waals surface area contributed by atoms with Crippen LogP contribution in [0.1, 0.15) is 43.7 Å². The lowest BCUT2D eigenvalue weighted by Crippen LogP contribution is -2.50. The van der Waals surface area contributed by atoms with E-state index in [1.54, 1.807) is 43.3 Å². The summed E-state index contributed by atoms with van der Waals surface area (Å²) in [6.45, 7) is 1.95. The lowest BCUT2D eigenvalue weighted by atomic mass is 10.1. The van der Waals surface area contributed by atoms with Gasteiger partial charge in [-0.25, -0.2) is 4.39 Å². The number of halogens is 2. The molecule has 29 heavy (non-hydrogen) atoms. The van der Waals surface area contributed by atoms with Gasteiger partial charge in [-0.1, -0.05) is 54.8 Å². The van der Waals surface area contributed by atoms with Gasteiger partial charge < -0.3 is 10.2 Å². The normalized spacial score (nSPS) is 15.1. The van der Waals surface area contributed by atoms with E-state index in [0.29, 0.717) is 10.6 Å². The highest BCUT2D eigenvalue weighted by atomic mass is 35.5. The van der Waals surface area contributed by atoms with Gasteiger partial charge in [0.2, 0.25) is 11.8 Å². The molecule has 0 aromatic heterocycles. The Balaban J connectivity index is 1.78. The molecule has 0 heterocycles. The van der Waals surface area contributed by atoms with E-state index >= 15 is 0 Å². The highest BCUT2D eigenvalue weighted by Gasteiger charge is 2.28. The van der Waals surface area contributed by atoms with Crippen LogP contribution in [0.2, 0.25) is 5.02 Å². The number of carbonyl (C=O) groups is 2. The molecule has 0 radical (unpaired) electrons. The van der Waals surface area contributed by atoms with Crippen LogP contribution < -0.4 is 5.32 Å². The Morgan fingerprint density at radius 2 is 1.90 bits per heavy atom. The first kappa shape index (κ1) is 21.3. The molecule has 6 heteroatoms. The van der Waals surface area contributed by atoms with Gasteiger partial charge >= 0.3 is 0 Å². The van der Waals surface area contributed by atoms with Crippen LogP contribution in [0.4, 0.5) is 4.39 Å². The van der Waals surface area contributed by atoms with Gasteiger partial charge in [0.05, 0.1) is 6.42 Å². The van der Waals surface area contributed by atoms with Crippen LogP contribution in [0, 0.1) is 5.82 Å². The summed E-state index contributed by atoms with van der Waals surface area (Å²) in [7, 11) is 0. The SMILES string of the molecule is C[C@@H](C(=O)NC1CCCC1)N(Cc1cccc(Cl)c1)C(=O)Cc1ccccc1F. The van der Waals surface area contributed by atoms with Gasteiger partial charge in [0.25, 0.3) is 0 Å². The summed E-state index contributed by atoms with van der Waals surface area (Å²) >= 11 is 6.08. The van der Waals surface area contributed by atoms with Gasteiger partial charge in [-0.15, -0.1) is 0 Å². The third kappa shape index (κ3) is 5.80. The molecule has 1 saturated carbocycles. The maximum Gasteiger partial charge on any atom is 0.242 e. The van der Waals surface area contributed by atoms with Crippen molar-refractivity contribution in [2.75, 3.05) is 0 Å². The first-order valence-electron chi connectivity index (χ1n) is 10.0.